The molecule has 9 nitrogen and oxygen atoms in total. The summed E-state index contributed by atoms with van der Waals surface area (Å²) in [5, 5.41) is 14.6. The Morgan fingerprint density at radius 1 is 1.19 bits per heavy atom. The van der Waals surface area contributed by atoms with Crippen molar-refractivity contribution in [1.82, 2.24) is 24.2 Å². The van der Waals surface area contributed by atoms with Gasteiger partial charge in [-0.05, 0) is 30.0 Å². The molecule has 0 spiro atoms. The molecule has 0 saturated carbocycles. The van der Waals surface area contributed by atoms with E-state index < -0.39 is 16.1 Å². The Balaban J connectivity index is 1.38. The standard InChI is InChI=1S/C25H26N6O3S3/c1-4-17-7-8-18-13-23(35-21(18)12-17)37(33,34)30-10-11-31(19(14-30)6-5-9-26)25(32)24-27-20-15-28(2)29(3)16-22(20)36-24/h1,7-8,12-13,19H,5-6,10-11,14-16H2,2-3H3. The molecule has 1 fully saturated rings. The Morgan fingerprint density at radius 2 is 1.97 bits per heavy atom. The zero-order valence-corrected chi connectivity index (χ0v) is 23.0. The lowest BCUT2D eigenvalue weighted by molar-refractivity contribution is -0.00173. The molecule has 37 heavy (non-hydrogen) atoms. The molecule has 2 aromatic heterocycles. The molecule has 2 aliphatic rings. The van der Waals surface area contributed by atoms with Gasteiger partial charge in [-0.3, -0.25) is 4.79 Å². The summed E-state index contributed by atoms with van der Waals surface area (Å²) in [6.45, 7) is 1.88. The predicted octanol–water partition coefficient (Wildman–Crippen LogP) is 2.95. The summed E-state index contributed by atoms with van der Waals surface area (Å²) in [5.74, 6) is 2.38. The second kappa shape index (κ2) is 10.1. The van der Waals surface area contributed by atoms with Crippen LogP contribution >= 0.6 is 22.7 Å². The highest BCUT2D eigenvalue weighted by atomic mass is 32.2. The van der Waals surface area contributed by atoms with Crippen molar-refractivity contribution in [2.75, 3.05) is 33.7 Å². The summed E-state index contributed by atoms with van der Waals surface area (Å²) < 4.78 is 29.7. The summed E-state index contributed by atoms with van der Waals surface area (Å²) in [4.78, 5) is 20.9. The molecule has 4 heterocycles. The topological polar surface area (TPSA) is 101 Å². The number of thiophene rings is 1. The van der Waals surface area contributed by atoms with Gasteiger partial charge in [-0.2, -0.15) is 9.57 Å². The van der Waals surface area contributed by atoms with E-state index in [0.29, 0.717) is 30.1 Å². The van der Waals surface area contributed by atoms with E-state index in [9.17, 15) is 18.5 Å². The van der Waals surface area contributed by atoms with Gasteiger partial charge in [0.25, 0.3) is 15.9 Å². The lowest BCUT2D eigenvalue weighted by Crippen LogP contribution is -2.56. The zero-order valence-electron chi connectivity index (χ0n) is 20.5. The van der Waals surface area contributed by atoms with Crippen LogP contribution in [0.2, 0.25) is 0 Å². The summed E-state index contributed by atoms with van der Waals surface area (Å²) in [7, 11) is 0.196. The third-order valence-corrected chi connectivity index (χ3v) is 11.3. The summed E-state index contributed by atoms with van der Waals surface area (Å²) >= 11 is 2.59. The van der Waals surface area contributed by atoms with Crippen LogP contribution in [0.5, 0.6) is 0 Å². The Kier molecular flexibility index (Phi) is 7.07. The van der Waals surface area contributed by atoms with Crippen molar-refractivity contribution < 1.29 is 13.2 Å². The van der Waals surface area contributed by atoms with Crippen molar-refractivity contribution in [3.05, 3.63) is 45.4 Å². The van der Waals surface area contributed by atoms with E-state index in [2.05, 4.69) is 27.0 Å². The van der Waals surface area contributed by atoms with Crippen LogP contribution in [-0.4, -0.2) is 78.3 Å². The smallest absolute Gasteiger partial charge is 0.283 e. The summed E-state index contributed by atoms with van der Waals surface area (Å²) in [6.07, 6.45) is 6.11. The first kappa shape index (κ1) is 25.8. The van der Waals surface area contributed by atoms with Crippen LogP contribution in [0.1, 0.15) is 38.8 Å². The maximum Gasteiger partial charge on any atom is 0.283 e. The predicted molar refractivity (Wildman–Crippen MR) is 143 cm³/mol. The van der Waals surface area contributed by atoms with Gasteiger partial charge in [0.1, 0.15) is 4.21 Å². The minimum atomic E-state index is -3.77. The van der Waals surface area contributed by atoms with E-state index in [0.717, 1.165) is 20.7 Å². The van der Waals surface area contributed by atoms with Crippen molar-refractivity contribution in [3.63, 3.8) is 0 Å². The SMILES string of the molecule is C#Cc1ccc2cc(S(=O)(=O)N3CCN(C(=O)c4nc5c(s4)CN(C)N(C)C5)C(CCC#N)C3)sc2c1. The van der Waals surface area contributed by atoms with E-state index in [1.807, 2.05) is 26.2 Å². The second-order valence-corrected chi connectivity index (χ2v) is 13.5. The minimum Gasteiger partial charge on any atom is -0.331 e. The number of nitrogens with zero attached hydrogens (tertiary/aromatic N) is 6. The Hall–Kier alpha value is -2.84. The number of carbonyl (C=O) groups is 1. The average Bonchev–Trinajstić information content (AvgIpc) is 3.51. The number of carbonyl (C=O) groups excluding carboxylic acids is 1. The fraction of sp³-hybridized carbons (Fsp3) is 0.400. The lowest BCUT2D eigenvalue weighted by Gasteiger charge is -2.40. The molecule has 5 rings (SSSR count). The Labute approximate surface area is 224 Å². The van der Waals surface area contributed by atoms with Gasteiger partial charge in [-0.1, -0.05) is 12.0 Å². The monoisotopic (exact) mass is 554 g/mol. The van der Waals surface area contributed by atoms with E-state index in [-0.39, 0.29) is 36.2 Å². The average molecular weight is 555 g/mol. The lowest BCUT2D eigenvalue weighted by atomic mass is 10.1. The molecule has 2 aliphatic heterocycles. The van der Waals surface area contributed by atoms with Gasteiger partial charge in [0, 0.05) is 67.9 Å². The number of nitriles is 1. The van der Waals surface area contributed by atoms with Crippen LogP contribution in [0.4, 0.5) is 0 Å². The number of amides is 1. The van der Waals surface area contributed by atoms with Gasteiger partial charge in [-0.25, -0.2) is 23.4 Å². The number of piperazine rings is 1. The number of hydrazine groups is 1. The minimum absolute atomic E-state index is 0.135. The number of thiazole rings is 1. The molecule has 1 saturated heterocycles. The number of aromatic nitrogens is 1. The van der Waals surface area contributed by atoms with Crippen LogP contribution in [0.25, 0.3) is 10.1 Å². The van der Waals surface area contributed by atoms with E-state index in [1.165, 1.54) is 27.0 Å². The van der Waals surface area contributed by atoms with Crippen molar-refractivity contribution in [1.29, 1.82) is 5.26 Å². The highest BCUT2D eigenvalue weighted by Crippen LogP contribution is 2.33. The van der Waals surface area contributed by atoms with Crippen molar-refractivity contribution in [2.45, 2.75) is 36.2 Å². The van der Waals surface area contributed by atoms with Gasteiger partial charge in [0.15, 0.2) is 5.01 Å². The van der Waals surface area contributed by atoms with E-state index in [4.69, 9.17) is 6.42 Å². The molecule has 0 aliphatic carbocycles. The fourth-order valence-corrected chi connectivity index (χ4v) is 8.79. The maximum atomic E-state index is 13.6. The van der Waals surface area contributed by atoms with Crippen molar-refractivity contribution in [3.8, 4) is 18.4 Å². The molecule has 1 aromatic carbocycles. The Morgan fingerprint density at radius 3 is 2.73 bits per heavy atom. The number of terminal acetylenes is 1. The quantitative estimate of drug-likeness (QED) is 0.447. The number of hydrogen-bond acceptors (Lipinski definition) is 9. The Bertz CT molecular complexity index is 1520. The highest BCUT2D eigenvalue weighted by molar-refractivity contribution is 7.91. The molecular weight excluding hydrogens is 529 g/mol. The van der Waals surface area contributed by atoms with Crippen molar-refractivity contribution >= 4 is 48.7 Å². The van der Waals surface area contributed by atoms with E-state index in [1.54, 1.807) is 17.0 Å². The molecular formula is C25H26N6O3S3. The largest absolute Gasteiger partial charge is 0.331 e. The van der Waals surface area contributed by atoms with Gasteiger partial charge in [0.05, 0.1) is 18.3 Å². The number of sulfonamides is 1. The molecule has 0 bridgehead atoms. The van der Waals surface area contributed by atoms with Gasteiger partial charge in [-0.15, -0.1) is 29.1 Å². The van der Waals surface area contributed by atoms with Gasteiger partial charge in [0.2, 0.25) is 0 Å². The van der Waals surface area contributed by atoms with Crippen LogP contribution in [-0.2, 0) is 23.1 Å². The molecule has 0 N–H and O–H groups in total. The fourth-order valence-electron chi connectivity index (χ4n) is 4.65. The highest BCUT2D eigenvalue weighted by Gasteiger charge is 2.38. The van der Waals surface area contributed by atoms with Crippen LogP contribution < -0.4 is 0 Å². The van der Waals surface area contributed by atoms with Gasteiger partial charge >= 0.3 is 0 Å². The van der Waals surface area contributed by atoms with Gasteiger partial charge < -0.3 is 4.90 Å². The molecule has 1 unspecified atom stereocenters. The first-order chi connectivity index (χ1) is 17.7. The maximum absolute atomic E-state index is 13.6. The normalized spacial score (nSPS) is 19.5. The molecule has 0 radical (unpaired) electrons. The molecule has 192 valence electrons. The summed E-state index contributed by atoms with van der Waals surface area (Å²) in [6, 6.07) is 8.83. The first-order valence-corrected chi connectivity index (χ1v) is 14.9. The third kappa shape index (κ3) is 4.89. The summed E-state index contributed by atoms with van der Waals surface area (Å²) in [5.41, 5.74) is 1.60. The first-order valence-electron chi connectivity index (χ1n) is 11.8. The van der Waals surface area contributed by atoms with Crippen LogP contribution in [0.3, 0.4) is 0 Å². The molecule has 12 heteroatoms. The molecule has 1 amide bonds. The van der Waals surface area contributed by atoms with Crippen molar-refractivity contribution in [2.24, 2.45) is 0 Å². The molecule has 3 aromatic rings. The number of hydrogen-bond donors (Lipinski definition) is 0. The van der Waals surface area contributed by atoms with Crippen LogP contribution in [0, 0.1) is 23.7 Å². The third-order valence-electron chi connectivity index (χ3n) is 6.85. The number of fused-ring (bicyclic) bond motifs is 2. The molecule has 1 atom stereocenters. The van der Waals surface area contributed by atoms with E-state index >= 15 is 0 Å². The number of rotatable bonds is 5. The zero-order chi connectivity index (χ0) is 26.3. The van der Waals surface area contributed by atoms with Crippen LogP contribution in [0.15, 0.2) is 28.5 Å². The second-order valence-electron chi connectivity index (χ2n) is 9.20. The number of benzene rings is 1.